The molecule has 0 saturated heterocycles. The second-order valence-electron chi connectivity index (χ2n) is 3.82. The number of pyridine rings is 1. The highest BCUT2D eigenvalue weighted by atomic mass is 35.5. The average molecular weight is 264 g/mol. The normalized spacial score (nSPS) is 10.3. The number of anilines is 1. The van der Waals surface area contributed by atoms with Crippen molar-refractivity contribution in [2.45, 2.75) is 13.2 Å². The zero-order valence-electron chi connectivity index (χ0n) is 9.77. The number of nitrogens with one attached hydrogen (secondary N) is 1. The highest BCUT2D eigenvalue weighted by Gasteiger charge is 1.98. The van der Waals surface area contributed by atoms with Crippen molar-refractivity contribution < 1.29 is 4.74 Å². The number of hydrogen-bond donors (Lipinski definition) is 2. The van der Waals surface area contributed by atoms with Gasteiger partial charge in [0.15, 0.2) is 0 Å². The topological polar surface area (TPSA) is 60.2 Å². The van der Waals surface area contributed by atoms with E-state index < -0.39 is 0 Å². The summed E-state index contributed by atoms with van der Waals surface area (Å²) in [5.74, 6) is 5.91. The number of nitrogens with two attached hydrogens (primary N) is 1. The van der Waals surface area contributed by atoms with Crippen LogP contribution in [-0.2, 0) is 18.0 Å². The van der Waals surface area contributed by atoms with Crippen molar-refractivity contribution >= 4 is 17.4 Å². The van der Waals surface area contributed by atoms with Gasteiger partial charge < -0.3 is 10.2 Å². The molecule has 0 amide bonds. The lowest BCUT2D eigenvalue weighted by Gasteiger charge is -2.06. The van der Waals surface area contributed by atoms with Gasteiger partial charge in [0.25, 0.3) is 0 Å². The molecule has 0 radical (unpaired) electrons. The molecular weight excluding hydrogens is 250 g/mol. The maximum Gasteiger partial charge on any atom is 0.140 e. The quantitative estimate of drug-likeness (QED) is 0.643. The Labute approximate surface area is 111 Å². The predicted molar refractivity (Wildman–Crippen MR) is 72.0 cm³/mol. The SMILES string of the molecule is NNc1cc(COCc2cccc(Cl)c2)ccn1. The molecule has 2 aromatic rings. The van der Waals surface area contributed by atoms with Gasteiger partial charge in [0, 0.05) is 11.2 Å². The van der Waals surface area contributed by atoms with Crippen LogP contribution in [0.2, 0.25) is 5.02 Å². The van der Waals surface area contributed by atoms with E-state index in [0.29, 0.717) is 19.0 Å². The monoisotopic (exact) mass is 263 g/mol. The summed E-state index contributed by atoms with van der Waals surface area (Å²) in [6, 6.07) is 11.3. The highest BCUT2D eigenvalue weighted by Crippen LogP contribution is 2.13. The molecule has 4 nitrogen and oxygen atoms in total. The van der Waals surface area contributed by atoms with Crippen LogP contribution in [0, 0.1) is 0 Å². The number of halogens is 1. The standard InChI is InChI=1S/C13H14ClN3O/c14-12-3-1-2-10(6-12)8-18-9-11-4-5-16-13(7-11)17-15/h1-7H,8-9,15H2,(H,16,17). The maximum absolute atomic E-state index is 5.89. The third-order valence-electron chi connectivity index (χ3n) is 2.40. The Morgan fingerprint density at radius 2 is 1.94 bits per heavy atom. The van der Waals surface area contributed by atoms with E-state index in [1.54, 1.807) is 6.20 Å². The van der Waals surface area contributed by atoms with Crippen molar-refractivity contribution in [2.24, 2.45) is 5.84 Å². The molecule has 0 aliphatic heterocycles. The fourth-order valence-corrected chi connectivity index (χ4v) is 1.77. The van der Waals surface area contributed by atoms with Crippen LogP contribution in [-0.4, -0.2) is 4.98 Å². The minimum absolute atomic E-state index is 0.504. The van der Waals surface area contributed by atoms with E-state index in [1.807, 2.05) is 36.4 Å². The fourth-order valence-electron chi connectivity index (χ4n) is 1.56. The van der Waals surface area contributed by atoms with E-state index in [2.05, 4.69) is 10.4 Å². The van der Waals surface area contributed by atoms with Gasteiger partial charge in [-0.3, -0.25) is 0 Å². The molecule has 5 heteroatoms. The fraction of sp³-hybridized carbons (Fsp3) is 0.154. The Kier molecular flexibility index (Phi) is 4.52. The number of ether oxygens (including phenoxy) is 1. The smallest absolute Gasteiger partial charge is 0.140 e. The molecule has 2 rings (SSSR count). The van der Waals surface area contributed by atoms with Crippen LogP contribution in [0.15, 0.2) is 42.6 Å². The van der Waals surface area contributed by atoms with Crippen molar-refractivity contribution in [3.63, 3.8) is 0 Å². The van der Waals surface area contributed by atoms with Crippen LogP contribution >= 0.6 is 11.6 Å². The van der Waals surface area contributed by atoms with Crippen LogP contribution in [0.3, 0.4) is 0 Å². The number of hydrazine groups is 1. The van der Waals surface area contributed by atoms with Gasteiger partial charge in [-0.05, 0) is 35.4 Å². The van der Waals surface area contributed by atoms with Gasteiger partial charge in [0.1, 0.15) is 5.82 Å². The third kappa shape index (κ3) is 3.70. The van der Waals surface area contributed by atoms with Crippen LogP contribution in [0.25, 0.3) is 0 Å². The number of aromatic nitrogens is 1. The van der Waals surface area contributed by atoms with Crippen molar-refractivity contribution in [2.75, 3.05) is 5.43 Å². The van der Waals surface area contributed by atoms with Gasteiger partial charge in [-0.1, -0.05) is 23.7 Å². The zero-order valence-corrected chi connectivity index (χ0v) is 10.5. The molecule has 0 unspecified atom stereocenters. The Morgan fingerprint density at radius 1 is 1.17 bits per heavy atom. The molecule has 94 valence electrons. The van der Waals surface area contributed by atoms with E-state index in [1.165, 1.54) is 0 Å². The van der Waals surface area contributed by atoms with Gasteiger partial charge in [0.2, 0.25) is 0 Å². The molecule has 3 N–H and O–H groups in total. The van der Waals surface area contributed by atoms with E-state index in [9.17, 15) is 0 Å². The molecule has 1 aromatic heterocycles. The maximum atomic E-state index is 5.89. The summed E-state index contributed by atoms with van der Waals surface area (Å²) < 4.78 is 5.61. The second-order valence-corrected chi connectivity index (χ2v) is 4.25. The molecule has 0 spiro atoms. The molecular formula is C13H14ClN3O. The number of nitrogens with zero attached hydrogens (tertiary/aromatic N) is 1. The third-order valence-corrected chi connectivity index (χ3v) is 2.63. The summed E-state index contributed by atoms with van der Waals surface area (Å²) >= 11 is 5.89. The average Bonchev–Trinajstić information content (AvgIpc) is 2.39. The molecule has 0 aliphatic carbocycles. The Bertz CT molecular complexity index is 519. The van der Waals surface area contributed by atoms with Gasteiger partial charge in [0.05, 0.1) is 13.2 Å². The van der Waals surface area contributed by atoms with Gasteiger partial charge in [-0.2, -0.15) is 0 Å². The largest absolute Gasteiger partial charge is 0.372 e. The van der Waals surface area contributed by atoms with E-state index in [0.717, 1.165) is 16.1 Å². The van der Waals surface area contributed by atoms with Gasteiger partial charge in [-0.15, -0.1) is 0 Å². The zero-order chi connectivity index (χ0) is 12.8. The summed E-state index contributed by atoms with van der Waals surface area (Å²) in [6.07, 6.45) is 1.69. The lowest BCUT2D eigenvalue weighted by molar-refractivity contribution is 0.107. The lowest BCUT2D eigenvalue weighted by Crippen LogP contribution is -2.08. The van der Waals surface area contributed by atoms with Crippen molar-refractivity contribution in [1.29, 1.82) is 0 Å². The molecule has 0 aliphatic rings. The Balaban J connectivity index is 1.88. The van der Waals surface area contributed by atoms with Crippen molar-refractivity contribution in [3.8, 4) is 0 Å². The van der Waals surface area contributed by atoms with Crippen LogP contribution in [0.1, 0.15) is 11.1 Å². The molecule has 0 saturated carbocycles. The van der Waals surface area contributed by atoms with E-state index >= 15 is 0 Å². The number of benzene rings is 1. The first-order valence-corrected chi connectivity index (χ1v) is 5.89. The van der Waals surface area contributed by atoms with Crippen LogP contribution in [0.5, 0.6) is 0 Å². The summed E-state index contributed by atoms with van der Waals surface area (Å²) in [5.41, 5.74) is 4.56. The Morgan fingerprint density at radius 3 is 2.67 bits per heavy atom. The molecule has 1 aromatic carbocycles. The molecule has 0 bridgehead atoms. The number of rotatable bonds is 5. The minimum atomic E-state index is 0.504. The lowest BCUT2D eigenvalue weighted by atomic mass is 10.2. The van der Waals surface area contributed by atoms with Crippen LogP contribution < -0.4 is 11.3 Å². The first kappa shape index (κ1) is 12.8. The molecule has 0 fully saturated rings. The first-order chi connectivity index (χ1) is 8.78. The highest BCUT2D eigenvalue weighted by molar-refractivity contribution is 6.30. The molecule has 1 heterocycles. The number of hydrogen-bond acceptors (Lipinski definition) is 4. The summed E-state index contributed by atoms with van der Waals surface area (Å²) in [5, 5.41) is 0.717. The predicted octanol–water partition coefficient (Wildman–Crippen LogP) is 2.74. The van der Waals surface area contributed by atoms with Gasteiger partial charge in [-0.25, -0.2) is 10.8 Å². The minimum Gasteiger partial charge on any atom is -0.372 e. The van der Waals surface area contributed by atoms with E-state index in [4.69, 9.17) is 22.2 Å². The van der Waals surface area contributed by atoms with Crippen LogP contribution in [0.4, 0.5) is 5.82 Å². The summed E-state index contributed by atoms with van der Waals surface area (Å²) in [7, 11) is 0. The summed E-state index contributed by atoms with van der Waals surface area (Å²) in [4.78, 5) is 4.03. The number of nitrogen functional groups attached to an aromatic ring is 1. The second kappa shape index (κ2) is 6.35. The Hall–Kier alpha value is -1.62. The summed E-state index contributed by atoms with van der Waals surface area (Å²) in [6.45, 7) is 1.03. The van der Waals surface area contributed by atoms with Crippen molar-refractivity contribution in [1.82, 2.24) is 4.98 Å². The van der Waals surface area contributed by atoms with Crippen molar-refractivity contribution in [3.05, 3.63) is 58.7 Å². The first-order valence-electron chi connectivity index (χ1n) is 5.51. The molecule has 18 heavy (non-hydrogen) atoms. The van der Waals surface area contributed by atoms with Gasteiger partial charge >= 0.3 is 0 Å². The molecule has 0 atom stereocenters. The van der Waals surface area contributed by atoms with E-state index in [-0.39, 0.29) is 0 Å².